The van der Waals surface area contributed by atoms with Gasteiger partial charge in [0, 0.05) is 11.1 Å². The number of hydrogen-bond acceptors (Lipinski definition) is 1. The van der Waals surface area contributed by atoms with Crippen LogP contribution in [-0.2, 0) is 4.79 Å². The summed E-state index contributed by atoms with van der Waals surface area (Å²) in [5.41, 5.74) is 1.12. The Kier molecular flexibility index (Phi) is 3.51. The largest absolute Gasteiger partial charge is 0.478 e. The van der Waals surface area contributed by atoms with Crippen molar-refractivity contribution in [3.63, 3.8) is 0 Å². The Morgan fingerprint density at radius 2 is 2.00 bits per heavy atom. The lowest BCUT2D eigenvalue weighted by Crippen LogP contribution is -1.94. The number of carbonyl (C=O) groups is 1. The first-order chi connectivity index (χ1) is 6.70. The summed E-state index contributed by atoms with van der Waals surface area (Å²) in [5.74, 6) is 4.59. The minimum absolute atomic E-state index is 0.244. The van der Waals surface area contributed by atoms with E-state index in [1.54, 1.807) is 0 Å². The number of aliphatic carboxylic acids is 1. The van der Waals surface area contributed by atoms with Crippen LogP contribution < -0.4 is 0 Å². The maximum Gasteiger partial charge on any atom is 0.331 e. The highest BCUT2D eigenvalue weighted by Gasteiger charge is 1.95. The lowest BCUT2D eigenvalue weighted by molar-refractivity contribution is -0.132. The summed E-state index contributed by atoms with van der Waals surface area (Å²) >= 11 is 0. The van der Waals surface area contributed by atoms with E-state index in [0.717, 1.165) is 5.56 Å². The molecule has 14 heavy (non-hydrogen) atoms. The maximum atomic E-state index is 10.4. The highest BCUT2D eigenvalue weighted by atomic mass is 16.4. The third kappa shape index (κ3) is 3.16. The molecule has 0 heterocycles. The van der Waals surface area contributed by atoms with Crippen molar-refractivity contribution in [3.8, 4) is 11.8 Å². The van der Waals surface area contributed by atoms with Crippen LogP contribution in [-0.4, -0.2) is 11.1 Å². The molecule has 0 saturated heterocycles. The van der Waals surface area contributed by atoms with Crippen LogP contribution in [0.15, 0.2) is 42.0 Å². The number of carboxylic acids is 1. The van der Waals surface area contributed by atoms with E-state index in [4.69, 9.17) is 5.11 Å². The molecule has 1 aromatic carbocycles. The fraction of sp³-hybridized carbons (Fsp3) is 0.0833. The zero-order valence-electron chi connectivity index (χ0n) is 7.82. The predicted octanol–water partition coefficient (Wildman–Crippen LogP) is 2.07. The number of allylic oxidation sites excluding steroid dienone is 1. The fourth-order valence-corrected chi connectivity index (χ4v) is 0.811. The van der Waals surface area contributed by atoms with Gasteiger partial charge in [-0.2, -0.15) is 0 Å². The molecular weight excluding hydrogens is 176 g/mol. The van der Waals surface area contributed by atoms with Crippen LogP contribution in [0.2, 0.25) is 0 Å². The minimum Gasteiger partial charge on any atom is -0.478 e. The van der Waals surface area contributed by atoms with E-state index < -0.39 is 5.97 Å². The summed E-state index contributed by atoms with van der Waals surface area (Å²) in [6.45, 7) is 1.52. The van der Waals surface area contributed by atoms with E-state index in [1.165, 1.54) is 13.0 Å². The van der Waals surface area contributed by atoms with Crippen LogP contribution in [0.4, 0.5) is 0 Å². The van der Waals surface area contributed by atoms with Gasteiger partial charge in [-0.25, -0.2) is 4.79 Å². The molecule has 2 heteroatoms. The first-order valence-electron chi connectivity index (χ1n) is 4.17. The average Bonchev–Trinajstić information content (AvgIpc) is 2.19. The Bertz CT molecular complexity index is 405. The first-order valence-corrected chi connectivity index (χ1v) is 4.17. The average molecular weight is 186 g/mol. The van der Waals surface area contributed by atoms with Gasteiger partial charge in [-0.15, -0.1) is 0 Å². The van der Waals surface area contributed by atoms with Gasteiger partial charge < -0.3 is 5.11 Å². The minimum atomic E-state index is -0.938. The molecule has 0 amide bonds. The lowest BCUT2D eigenvalue weighted by atomic mass is 10.2. The van der Waals surface area contributed by atoms with Crippen LogP contribution in [0.5, 0.6) is 0 Å². The van der Waals surface area contributed by atoms with Crippen molar-refractivity contribution in [3.05, 3.63) is 47.5 Å². The Morgan fingerprint density at radius 3 is 2.57 bits per heavy atom. The summed E-state index contributed by atoms with van der Waals surface area (Å²) in [6, 6.07) is 9.42. The number of carboxylic acid groups (broad SMARTS) is 1. The highest BCUT2D eigenvalue weighted by molar-refractivity contribution is 5.86. The second-order valence-corrected chi connectivity index (χ2v) is 2.77. The van der Waals surface area contributed by atoms with Crippen molar-refractivity contribution in [1.82, 2.24) is 0 Å². The van der Waals surface area contributed by atoms with Gasteiger partial charge in [0.1, 0.15) is 0 Å². The van der Waals surface area contributed by atoms with Crippen molar-refractivity contribution in [2.24, 2.45) is 0 Å². The van der Waals surface area contributed by atoms with Gasteiger partial charge in [-0.05, 0) is 25.1 Å². The molecule has 1 rings (SSSR count). The van der Waals surface area contributed by atoms with Crippen LogP contribution in [0.25, 0.3) is 0 Å². The molecule has 0 radical (unpaired) electrons. The zero-order valence-corrected chi connectivity index (χ0v) is 7.82. The van der Waals surface area contributed by atoms with Gasteiger partial charge in [0.2, 0.25) is 0 Å². The Hall–Kier alpha value is -2.01. The molecular formula is C12H10O2. The molecule has 0 bridgehead atoms. The van der Waals surface area contributed by atoms with E-state index in [9.17, 15) is 4.79 Å². The van der Waals surface area contributed by atoms with E-state index in [1.807, 2.05) is 30.3 Å². The summed E-state index contributed by atoms with van der Waals surface area (Å²) < 4.78 is 0. The van der Waals surface area contributed by atoms with Crippen molar-refractivity contribution in [2.75, 3.05) is 0 Å². The van der Waals surface area contributed by atoms with Crippen LogP contribution in [0, 0.1) is 11.8 Å². The SMILES string of the molecule is C/C(=C\C#Cc1ccccc1)C(=O)O. The molecule has 2 nitrogen and oxygen atoms in total. The topological polar surface area (TPSA) is 37.3 Å². The zero-order chi connectivity index (χ0) is 10.4. The number of rotatable bonds is 1. The molecule has 0 aliphatic carbocycles. The van der Waals surface area contributed by atoms with Gasteiger partial charge in [0.05, 0.1) is 0 Å². The van der Waals surface area contributed by atoms with Gasteiger partial charge in [-0.1, -0.05) is 30.0 Å². The van der Waals surface area contributed by atoms with Crippen LogP contribution in [0.1, 0.15) is 12.5 Å². The highest BCUT2D eigenvalue weighted by Crippen LogP contribution is 1.95. The first kappa shape index (κ1) is 10.1. The molecule has 0 aromatic heterocycles. The second kappa shape index (κ2) is 4.88. The molecule has 0 aliphatic heterocycles. The number of benzene rings is 1. The molecule has 70 valence electrons. The van der Waals surface area contributed by atoms with Crippen molar-refractivity contribution in [2.45, 2.75) is 6.92 Å². The summed E-state index contributed by atoms with van der Waals surface area (Å²) in [4.78, 5) is 10.4. The third-order valence-corrected chi connectivity index (χ3v) is 1.62. The van der Waals surface area contributed by atoms with Crippen molar-refractivity contribution < 1.29 is 9.90 Å². The second-order valence-electron chi connectivity index (χ2n) is 2.77. The summed E-state index contributed by atoms with van der Waals surface area (Å²) in [5, 5.41) is 8.54. The van der Waals surface area contributed by atoms with Crippen molar-refractivity contribution in [1.29, 1.82) is 0 Å². The monoisotopic (exact) mass is 186 g/mol. The van der Waals surface area contributed by atoms with E-state index in [-0.39, 0.29) is 5.57 Å². The van der Waals surface area contributed by atoms with Gasteiger partial charge in [0.15, 0.2) is 0 Å². The number of hydrogen-bond donors (Lipinski definition) is 1. The third-order valence-electron chi connectivity index (χ3n) is 1.62. The Balaban J connectivity index is 2.75. The summed E-state index contributed by atoms with van der Waals surface area (Å²) in [6.07, 6.45) is 1.40. The smallest absolute Gasteiger partial charge is 0.331 e. The molecule has 0 fully saturated rings. The normalized spacial score (nSPS) is 10.2. The van der Waals surface area contributed by atoms with Gasteiger partial charge in [0.25, 0.3) is 0 Å². The maximum absolute atomic E-state index is 10.4. The molecule has 0 atom stereocenters. The quantitative estimate of drug-likeness (QED) is 0.538. The predicted molar refractivity (Wildman–Crippen MR) is 54.7 cm³/mol. The standard InChI is InChI=1S/C12H10O2/c1-10(12(13)14)6-5-9-11-7-3-2-4-8-11/h2-4,6-8H,1H3,(H,13,14)/b10-6+. The Labute approximate surface area is 82.9 Å². The van der Waals surface area contributed by atoms with E-state index in [0.29, 0.717) is 0 Å². The molecule has 0 unspecified atom stereocenters. The molecule has 0 saturated carbocycles. The van der Waals surface area contributed by atoms with E-state index in [2.05, 4.69) is 11.8 Å². The Morgan fingerprint density at radius 1 is 1.36 bits per heavy atom. The van der Waals surface area contributed by atoms with Crippen molar-refractivity contribution >= 4 is 5.97 Å². The summed E-state index contributed by atoms with van der Waals surface area (Å²) in [7, 11) is 0. The van der Waals surface area contributed by atoms with Crippen LogP contribution >= 0.6 is 0 Å². The molecule has 1 N–H and O–H groups in total. The van der Waals surface area contributed by atoms with Crippen LogP contribution in [0.3, 0.4) is 0 Å². The van der Waals surface area contributed by atoms with E-state index >= 15 is 0 Å². The lowest BCUT2D eigenvalue weighted by Gasteiger charge is -1.86. The molecule has 0 spiro atoms. The van der Waals surface area contributed by atoms with Gasteiger partial charge in [-0.3, -0.25) is 0 Å². The molecule has 0 aliphatic rings. The van der Waals surface area contributed by atoms with Gasteiger partial charge >= 0.3 is 5.97 Å². The fourth-order valence-electron chi connectivity index (χ4n) is 0.811. The molecule has 1 aromatic rings.